The molecule has 1 aromatic carbocycles. The van der Waals surface area contributed by atoms with Crippen LogP contribution in [0.5, 0.6) is 0 Å². The minimum atomic E-state index is -0.417. The third-order valence-corrected chi connectivity index (χ3v) is 4.50. The summed E-state index contributed by atoms with van der Waals surface area (Å²) in [4.78, 5) is 22.4. The minimum absolute atomic E-state index is 0.299. The zero-order valence-corrected chi connectivity index (χ0v) is 16.4. The Morgan fingerprint density at radius 3 is 2.72 bits per heavy atom. The maximum atomic E-state index is 14.2. The highest BCUT2D eigenvalue weighted by Crippen LogP contribution is 2.29. The van der Waals surface area contributed by atoms with Gasteiger partial charge in [0.15, 0.2) is 0 Å². The van der Waals surface area contributed by atoms with E-state index in [0.29, 0.717) is 38.7 Å². The number of fused-ring (bicyclic) bond motifs is 1. The Kier molecular flexibility index (Phi) is 4.85. The molecule has 4 aromatic rings. The topological polar surface area (TPSA) is 75.9 Å². The molecule has 0 aliphatic carbocycles. The number of aromatic nitrogens is 4. The monoisotopic (exact) mass is 410 g/mol. The molecule has 9 heteroatoms. The minimum Gasteiger partial charge on any atom is -0.354 e. The van der Waals surface area contributed by atoms with E-state index in [1.165, 1.54) is 34.0 Å². The molecule has 0 saturated heterocycles. The molecule has 0 bridgehead atoms. The number of carbonyl (C=O) groups excluding carboxylic acids is 1. The van der Waals surface area contributed by atoms with Crippen LogP contribution in [0.25, 0.3) is 22.3 Å². The summed E-state index contributed by atoms with van der Waals surface area (Å²) in [6, 6.07) is 9.20. The summed E-state index contributed by atoms with van der Waals surface area (Å²) in [7, 11) is 3.29. The van der Waals surface area contributed by atoms with Crippen LogP contribution in [-0.2, 0) is 0 Å². The Labute approximate surface area is 170 Å². The molecule has 4 rings (SSSR count). The summed E-state index contributed by atoms with van der Waals surface area (Å²) in [6.07, 6.45) is 4.72. The third-order valence-electron chi connectivity index (χ3n) is 4.27. The number of halogens is 2. The van der Waals surface area contributed by atoms with Gasteiger partial charge in [-0.1, -0.05) is 11.6 Å². The fourth-order valence-corrected chi connectivity index (χ4v) is 3.07. The van der Waals surface area contributed by atoms with Gasteiger partial charge in [0.05, 0.1) is 17.6 Å². The summed E-state index contributed by atoms with van der Waals surface area (Å²) in [5, 5.41) is 7.82. The number of hydrogen-bond donors (Lipinski definition) is 1. The predicted molar refractivity (Wildman–Crippen MR) is 110 cm³/mol. The Bertz CT molecular complexity index is 1220. The van der Waals surface area contributed by atoms with Crippen molar-refractivity contribution in [1.29, 1.82) is 0 Å². The first-order chi connectivity index (χ1) is 13.9. The number of nitrogens with zero attached hydrogens (tertiary/aromatic N) is 5. The third kappa shape index (κ3) is 3.62. The summed E-state index contributed by atoms with van der Waals surface area (Å²) < 4.78 is 15.5. The van der Waals surface area contributed by atoms with Crippen molar-refractivity contribution in [3.63, 3.8) is 0 Å². The zero-order valence-electron chi connectivity index (χ0n) is 15.6. The quantitative estimate of drug-likeness (QED) is 0.536. The highest BCUT2D eigenvalue weighted by molar-refractivity contribution is 6.30. The SMILES string of the molecule is CN(C)C(=O)n1ncc2nccc(Nc3ccnc(-c4cc(Cl)ccc4F)c3)c21. The molecule has 7 nitrogen and oxygen atoms in total. The van der Waals surface area contributed by atoms with E-state index in [1.807, 2.05) is 0 Å². The van der Waals surface area contributed by atoms with E-state index in [4.69, 9.17) is 11.6 Å². The van der Waals surface area contributed by atoms with Crippen molar-refractivity contribution in [3.8, 4) is 11.3 Å². The van der Waals surface area contributed by atoms with Gasteiger partial charge in [-0.15, -0.1) is 0 Å². The number of anilines is 2. The number of hydrogen-bond acceptors (Lipinski definition) is 5. The standard InChI is InChI=1S/C20H16ClFN6O/c1-27(2)20(29)28-19-16(6-8-24-18(19)11-25-28)26-13-5-7-23-17(10-13)14-9-12(21)3-4-15(14)22/h3-11H,1-2H3,(H,23,24,26). The number of nitrogens with one attached hydrogen (secondary N) is 1. The van der Waals surface area contributed by atoms with Crippen LogP contribution in [0.4, 0.5) is 20.6 Å². The molecule has 146 valence electrons. The van der Waals surface area contributed by atoms with E-state index in [1.54, 1.807) is 44.7 Å². The molecule has 0 radical (unpaired) electrons. The summed E-state index contributed by atoms with van der Waals surface area (Å²) in [6.45, 7) is 0. The number of benzene rings is 1. The molecule has 0 fully saturated rings. The molecule has 1 N–H and O–H groups in total. The molecule has 3 heterocycles. The van der Waals surface area contributed by atoms with Gasteiger partial charge in [-0.3, -0.25) is 9.97 Å². The van der Waals surface area contributed by atoms with Crippen molar-refractivity contribution in [2.24, 2.45) is 0 Å². The molecule has 0 aliphatic heterocycles. The lowest BCUT2D eigenvalue weighted by atomic mass is 10.1. The van der Waals surface area contributed by atoms with Gasteiger partial charge < -0.3 is 10.2 Å². The van der Waals surface area contributed by atoms with Crippen molar-refractivity contribution >= 4 is 40.0 Å². The highest BCUT2D eigenvalue weighted by atomic mass is 35.5. The fraction of sp³-hybridized carbons (Fsp3) is 0.100. The van der Waals surface area contributed by atoms with Crippen molar-refractivity contribution in [2.75, 3.05) is 19.4 Å². The molecule has 0 spiro atoms. The number of carbonyl (C=O) groups is 1. The fourth-order valence-electron chi connectivity index (χ4n) is 2.90. The average molecular weight is 411 g/mol. The maximum Gasteiger partial charge on any atom is 0.344 e. The number of pyridine rings is 2. The van der Waals surface area contributed by atoms with Gasteiger partial charge in [-0.05, 0) is 36.4 Å². The van der Waals surface area contributed by atoms with Gasteiger partial charge in [0.2, 0.25) is 0 Å². The van der Waals surface area contributed by atoms with E-state index in [2.05, 4.69) is 20.4 Å². The van der Waals surface area contributed by atoms with Crippen LogP contribution in [0, 0.1) is 5.82 Å². The second-order valence-electron chi connectivity index (χ2n) is 6.50. The van der Waals surface area contributed by atoms with Crippen LogP contribution in [0.1, 0.15) is 0 Å². The van der Waals surface area contributed by atoms with Crippen LogP contribution in [0.3, 0.4) is 0 Å². The molecule has 0 unspecified atom stereocenters. The molecule has 1 amide bonds. The molecular formula is C20H16ClFN6O. The van der Waals surface area contributed by atoms with Crippen molar-refractivity contribution in [2.45, 2.75) is 0 Å². The van der Waals surface area contributed by atoms with Crippen LogP contribution in [0.2, 0.25) is 5.02 Å². The van der Waals surface area contributed by atoms with Gasteiger partial charge in [-0.25, -0.2) is 9.18 Å². The summed E-state index contributed by atoms with van der Waals surface area (Å²) >= 11 is 6.00. The summed E-state index contributed by atoms with van der Waals surface area (Å²) in [5.74, 6) is -0.417. The van der Waals surface area contributed by atoms with Crippen LogP contribution >= 0.6 is 11.6 Å². The number of rotatable bonds is 3. The Morgan fingerprint density at radius 1 is 1.14 bits per heavy atom. The Morgan fingerprint density at radius 2 is 1.93 bits per heavy atom. The maximum absolute atomic E-state index is 14.2. The molecule has 0 aliphatic rings. The second kappa shape index (κ2) is 7.48. The molecule has 29 heavy (non-hydrogen) atoms. The lowest BCUT2D eigenvalue weighted by Crippen LogP contribution is -2.28. The smallest absolute Gasteiger partial charge is 0.344 e. The van der Waals surface area contributed by atoms with E-state index in [0.717, 1.165) is 0 Å². The van der Waals surface area contributed by atoms with Gasteiger partial charge >= 0.3 is 6.03 Å². The predicted octanol–water partition coefficient (Wildman–Crippen LogP) is 4.56. The van der Waals surface area contributed by atoms with E-state index in [9.17, 15) is 9.18 Å². The van der Waals surface area contributed by atoms with Crippen molar-refractivity contribution in [3.05, 3.63) is 65.8 Å². The lowest BCUT2D eigenvalue weighted by Gasteiger charge is -2.13. The van der Waals surface area contributed by atoms with Crippen LogP contribution < -0.4 is 5.32 Å². The lowest BCUT2D eigenvalue weighted by molar-refractivity contribution is 0.217. The largest absolute Gasteiger partial charge is 0.354 e. The molecular weight excluding hydrogens is 395 g/mol. The van der Waals surface area contributed by atoms with Crippen LogP contribution in [-0.4, -0.2) is 44.8 Å². The van der Waals surface area contributed by atoms with Crippen molar-refractivity contribution < 1.29 is 9.18 Å². The summed E-state index contributed by atoms with van der Waals surface area (Å²) in [5.41, 5.74) is 3.13. The highest BCUT2D eigenvalue weighted by Gasteiger charge is 2.17. The average Bonchev–Trinajstić information content (AvgIpc) is 3.14. The van der Waals surface area contributed by atoms with E-state index < -0.39 is 5.82 Å². The Balaban J connectivity index is 1.76. The van der Waals surface area contributed by atoms with E-state index in [-0.39, 0.29) is 6.03 Å². The normalized spacial score (nSPS) is 10.9. The first kappa shape index (κ1) is 18.8. The molecule has 0 saturated carbocycles. The van der Waals surface area contributed by atoms with Gasteiger partial charge in [0.1, 0.15) is 16.9 Å². The second-order valence-corrected chi connectivity index (χ2v) is 6.94. The first-order valence-electron chi connectivity index (χ1n) is 8.67. The molecule has 0 atom stereocenters. The van der Waals surface area contributed by atoms with Gasteiger partial charge in [0.25, 0.3) is 0 Å². The van der Waals surface area contributed by atoms with Gasteiger partial charge in [-0.2, -0.15) is 9.78 Å². The van der Waals surface area contributed by atoms with Crippen molar-refractivity contribution in [1.82, 2.24) is 24.6 Å². The first-order valence-corrected chi connectivity index (χ1v) is 9.05. The van der Waals surface area contributed by atoms with E-state index >= 15 is 0 Å². The number of amides is 1. The zero-order chi connectivity index (χ0) is 20.5. The van der Waals surface area contributed by atoms with Crippen LogP contribution in [0.15, 0.2) is 55.0 Å². The molecule has 3 aromatic heterocycles. The Hall–Kier alpha value is -3.52. The van der Waals surface area contributed by atoms with Gasteiger partial charge in [0, 0.05) is 42.8 Å².